The molecule has 3 nitrogen and oxygen atoms in total. The predicted molar refractivity (Wildman–Crippen MR) is 89.2 cm³/mol. The van der Waals surface area contributed by atoms with Crippen LogP contribution in [-0.4, -0.2) is 30.1 Å². The van der Waals surface area contributed by atoms with Gasteiger partial charge in [-0.25, -0.2) is 0 Å². The van der Waals surface area contributed by atoms with Crippen LogP contribution in [0.1, 0.15) is 19.6 Å². The second-order valence-corrected chi connectivity index (χ2v) is 6.85. The molecule has 2 unspecified atom stereocenters. The van der Waals surface area contributed by atoms with Crippen molar-refractivity contribution in [2.24, 2.45) is 0 Å². The van der Waals surface area contributed by atoms with E-state index in [-0.39, 0.29) is 0 Å². The lowest BCUT2D eigenvalue weighted by Crippen LogP contribution is -2.53. The highest BCUT2D eigenvalue weighted by molar-refractivity contribution is 9.10. The molecule has 0 radical (unpaired) electrons. The lowest BCUT2D eigenvalue weighted by Gasteiger charge is -2.35. The lowest BCUT2D eigenvalue weighted by atomic mass is 10.1. The average Bonchev–Trinajstić information content (AvgIpc) is 2.87. The largest absolute Gasteiger partial charge is 0.460 e. The zero-order valence-corrected chi connectivity index (χ0v) is 14.1. The Bertz CT molecular complexity index is 583. The fourth-order valence-electron chi connectivity index (χ4n) is 3.02. The molecular weight excluding hydrogens is 328 g/mol. The fraction of sp³-hybridized carbons (Fsp3) is 0.412. The molecule has 2 atom stereocenters. The monoisotopic (exact) mass is 348 g/mol. The van der Waals surface area contributed by atoms with E-state index >= 15 is 0 Å². The van der Waals surface area contributed by atoms with Crippen molar-refractivity contribution in [1.82, 2.24) is 10.2 Å². The van der Waals surface area contributed by atoms with Crippen molar-refractivity contribution in [2.75, 3.05) is 13.1 Å². The van der Waals surface area contributed by atoms with Gasteiger partial charge in [0.1, 0.15) is 11.5 Å². The van der Waals surface area contributed by atoms with Crippen LogP contribution in [0.25, 0.3) is 11.3 Å². The topological polar surface area (TPSA) is 28.4 Å². The molecule has 0 amide bonds. The summed E-state index contributed by atoms with van der Waals surface area (Å²) in [6, 6.07) is 13.4. The van der Waals surface area contributed by atoms with E-state index in [1.807, 2.05) is 12.1 Å². The molecule has 1 aliphatic heterocycles. The van der Waals surface area contributed by atoms with Crippen molar-refractivity contribution in [3.63, 3.8) is 0 Å². The van der Waals surface area contributed by atoms with Gasteiger partial charge < -0.3 is 9.73 Å². The first-order chi connectivity index (χ1) is 10.1. The molecule has 1 fully saturated rings. The van der Waals surface area contributed by atoms with E-state index in [1.165, 1.54) is 0 Å². The molecule has 2 aromatic rings. The summed E-state index contributed by atoms with van der Waals surface area (Å²) in [5.74, 6) is 1.97. The molecule has 0 bridgehead atoms. The lowest BCUT2D eigenvalue weighted by molar-refractivity contribution is 0.157. The maximum Gasteiger partial charge on any atom is 0.134 e. The number of rotatable bonds is 3. The molecule has 1 N–H and O–H groups in total. The van der Waals surface area contributed by atoms with Gasteiger partial charge in [0, 0.05) is 35.2 Å². The first kappa shape index (κ1) is 14.8. The SMILES string of the molecule is CC1CN(Cc2ccc(-c3ccc(Br)cc3)o2)CC(C)N1. The number of furan rings is 1. The Balaban J connectivity index is 1.69. The Kier molecular flexibility index (Phi) is 4.48. The molecule has 4 heteroatoms. The molecular formula is C17H21BrN2O. The van der Waals surface area contributed by atoms with Gasteiger partial charge in [-0.1, -0.05) is 28.1 Å². The van der Waals surface area contributed by atoms with Crippen LogP contribution in [0.15, 0.2) is 45.3 Å². The Morgan fingerprint density at radius 2 is 1.76 bits per heavy atom. The maximum atomic E-state index is 6.01. The summed E-state index contributed by atoms with van der Waals surface area (Å²) < 4.78 is 7.09. The Morgan fingerprint density at radius 1 is 1.10 bits per heavy atom. The second-order valence-electron chi connectivity index (χ2n) is 5.94. The number of nitrogens with one attached hydrogen (secondary N) is 1. The van der Waals surface area contributed by atoms with Crippen molar-refractivity contribution in [1.29, 1.82) is 0 Å². The van der Waals surface area contributed by atoms with Gasteiger partial charge in [-0.2, -0.15) is 0 Å². The van der Waals surface area contributed by atoms with Gasteiger partial charge in [-0.15, -0.1) is 0 Å². The van der Waals surface area contributed by atoms with Gasteiger partial charge >= 0.3 is 0 Å². The Hall–Kier alpha value is -1.10. The number of nitrogens with zero attached hydrogens (tertiary/aromatic N) is 1. The summed E-state index contributed by atoms with van der Waals surface area (Å²) in [5, 5.41) is 3.55. The van der Waals surface area contributed by atoms with Crippen molar-refractivity contribution in [2.45, 2.75) is 32.5 Å². The number of hydrogen-bond donors (Lipinski definition) is 1. The molecule has 1 aromatic carbocycles. The molecule has 0 aliphatic carbocycles. The molecule has 2 heterocycles. The van der Waals surface area contributed by atoms with Gasteiger partial charge in [0.05, 0.1) is 6.54 Å². The summed E-state index contributed by atoms with van der Waals surface area (Å²) in [4.78, 5) is 2.45. The minimum atomic E-state index is 0.537. The van der Waals surface area contributed by atoms with Gasteiger partial charge in [-0.3, -0.25) is 4.90 Å². The fourth-order valence-corrected chi connectivity index (χ4v) is 3.29. The molecule has 0 spiro atoms. The van der Waals surface area contributed by atoms with Crippen LogP contribution >= 0.6 is 15.9 Å². The number of hydrogen-bond acceptors (Lipinski definition) is 3. The summed E-state index contributed by atoms with van der Waals surface area (Å²) >= 11 is 3.46. The van der Waals surface area contributed by atoms with E-state index in [0.29, 0.717) is 12.1 Å². The van der Waals surface area contributed by atoms with E-state index in [2.05, 4.69) is 64.3 Å². The van der Waals surface area contributed by atoms with E-state index in [0.717, 1.165) is 41.2 Å². The van der Waals surface area contributed by atoms with E-state index in [9.17, 15) is 0 Å². The van der Waals surface area contributed by atoms with Crippen LogP contribution in [-0.2, 0) is 6.54 Å². The van der Waals surface area contributed by atoms with Gasteiger partial charge in [0.2, 0.25) is 0 Å². The number of benzene rings is 1. The Morgan fingerprint density at radius 3 is 2.43 bits per heavy atom. The Labute approximate surface area is 134 Å². The zero-order chi connectivity index (χ0) is 14.8. The minimum Gasteiger partial charge on any atom is -0.460 e. The van der Waals surface area contributed by atoms with Crippen LogP contribution in [0.4, 0.5) is 0 Å². The highest BCUT2D eigenvalue weighted by Gasteiger charge is 2.21. The van der Waals surface area contributed by atoms with Crippen molar-refractivity contribution >= 4 is 15.9 Å². The van der Waals surface area contributed by atoms with E-state index in [1.54, 1.807) is 0 Å². The van der Waals surface area contributed by atoms with Gasteiger partial charge in [-0.05, 0) is 38.1 Å². The summed E-state index contributed by atoms with van der Waals surface area (Å²) in [5.41, 5.74) is 1.12. The van der Waals surface area contributed by atoms with Crippen molar-refractivity contribution in [3.05, 3.63) is 46.6 Å². The minimum absolute atomic E-state index is 0.537. The third-order valence-electron chi connectivity index (χ3n) is 3.80. The van der Waals surface area contributed by atoms with E-state index in [4.69, 9.17) is 4.42 Å². The summed E-state index contributed by atoms with van der Waals surface area (Å²) in [6.07, 6.45) is 0. The highest BCUT2D eigenvalue weighted by atomic mass is 79.9. The predicted octanol–water partition coefficient (Wildman–Crippen LogP) is 3.89. The number of piperazine rings is 1. The normalized spacial score (nSPS) is 23.4. The molecule has 1 aromatic heterocycles. The molecule has 1 saturated heterocycles. The first-order valence-corrected chi connectivity index (χ1v) is 8.22. The highest BCUT2D eigenvalue weighted by Crippen LogP contribution is 2.24. The second kappa shape index (κ2) is 6.34. The van der Waals surface area contributed by atoms with Crippen LogP contribution in [0.5, 0.6) is 0 Å². The molecule has 0 saturated carbocycles. The molecule has 1 aliphatic rings. The van der Waals surface area contributed by atoms with Crippen LogP contribution in [0.3, 0.4) is 0 Å². The van der Waals surface area contributed by atoms with Crippen LogP contribution in [0.2, 0.25) is 0 Å². The van der Waals surface area contributed by atoms with E-state index < -0.39 is 0 Å². The van der Waals surface area contributed by atoms with Crippen molar-refractivity contribution < 1.29 is 4.42 Å². The van der Waals surface area contributed by atoms with Crippen LogP contribution < -0.4 is 5.32 Å². The van der Waals surface area contributed by atoms with Crippen LogP contribution in [0, 0.1) is 0 Å². The third kappa shape index (κ3) is 3.76. The quantitative estimate of drug-likeness (QED) is 0.911. The van der Waals surface area contributed by atoms with Gasteiger partial charge in [0.15, 0.2) is 0 Å². The molecule has 21 heavy (non-hydrogen) atoms. The first-order valence-electron chi connectivity index (χ1n) is 7.43. The summed E-state index contributed by atoms with van der Waals surface area (Å²) in [6.45, 7) is 7.49. The van der Waals surface area contributed by atoms with Gasteiger partial charge in [0.25, 0.3) is 0 Å². The maximum absolute atomic E-state index is 6.01. The standard InChI is InChI=1S/C17H21BrN2O/c1-12-9-20(10-13(2)19-12)11-16-7-8-17(21-16)14-3-5-15(18)6-4-14/h3-8,12-13,19H,9-11H2,1-2H3. The molecule has 3 rings (SSSR count). The third-order valence-corrected chi connectivity index (χ3v) is 4.33. The van der Waals surface area contributed by atoms with Crippen molar-refractivity contribution in [3.8, 4) is 11.3 Å². The summed E-state index contributed by atoms with van der Waals surface area (Å²) in [7, 11) is 0. The number of halogens is 1. The zero-order valence-electron chi connectivity index (χ0n) is 12.5. The average molecular weight is 349 g/mol. The smallest absolute Gasteiger partial charge is 0.134 e. The molecule has 112 valence electrons.